The van der Waals surface area contributed by atoms with Gasteiger partial charge >= 0.3 is 0 Å². The summed E-state index contributed by atoms with van der Waals surface area (Å²) in [5.74, 6) is 0.621. The van der Waals surface area contributed by atoms with Crippen LogP contribution in [0.4, 0.5) is 0 Å². The lowest BCUT2D eigenvalue weighted by molar-refractivity contribution is 0.0952. The highest BCUT2D eigenvalue weighted by Gasteiger charge is 2.15. The number of hydrogen-bond acceptors (Lipinski definition) is 6. The maximum absolute atomic E-state index is 12.8. The standard InChI is InChI=1S/C37H43N5O4/c1-41(2)20-7-23-46-32-16-12-28(13-17-32)25-34-37(45)39-33(36(44)40-34)24-27-10-14-30(15-11-27)35(43)38-19-5-6-21-42-22-18-29-8-3-4-9-31(29)26-42/h3-4,8-17,24-25H,5-7,18-23,26H2,1-2H3,(H,38,43)(H,39,45)(H,40,44). The molecule has 2 heterocycles. The predicted molar refractivity (Wildman–Crippen MR) is 183 cm³/mol. The molecule has 3 N–H and O–H groups in total. The molecule has 0 fully saturated rings. The van der Waals surface area contributed by atoms with Gasteiger partial charge in [-0.25, -0.2) is 0 Å². The quantitative estimate of drug-likeness (QED) is 0.198. The summed E-state index contributed by atoms with van der Waals surface area (Å²) in [4.78, 5) is 48.1. The minimum absolute atomic E-state index is 0.131. The van der Waals surface area contributed by atoms with Gasteiger partial charge in [0.2, 0.25) is 0 Å². The Morgan fingerprint density at radius 1 is 0.848 bits per heavy atom. The fourth-order valence-corrected chi connectivity index (χ4v) is 5.50. The van der Waals surface area contributed by atoms with Gasteiger partial charge in [-0.3, -0.25) is 19.3 Å². The molecule has 46 heavy (non-hydrogen) atoms. The number of fused-ring (bicyclic) bond motifs is 1. The Bertz CT molecular complexity index is 1840. The first-order valence-electron chi connectivity index (χ1n) is 15.9. The highest BCUT2D eigenvalue weighted by Crippen LogP contribution is 2.18. The van der Waals surface area contributed by atoms with Gasteiger partial charge in [0.25, 0.3) is 17.0 Å². The molecule has 0 unspecified atom stereocenters. The Morgan fingerprint density at radius 2 is 1.48 bits per heavy atom. The van der Waals surface area contributed by atoms with Gasteiger partial charge in [-0.2, -0.15) is 0 Å². The van der Waals surface area contributed by atoms with Gasteiger partial charge in [-0.05, 0) is 105 Å². The third kappa shape index (κ3) is 9.39. The first kappa shape index (κ1) is 32.7. The van der Waals surface area contributed by atoms with Crippen molar-refractivity contribution in [2.24, 2.45) is 0 Å². The zero-order valence-corrected chi connectivity index (χ0v) is 26.7. The largest absolute Gasteiger partial charge is 0.494 e. The maximum atomic E-state index is 12.8. The van der Waals surface area contributed by atoms with E-state index in [1.807, 2.05) is 38.4 Å². The smallest absolute Gasteiger partial charge is 0.272 e. The molecular formula is C37H43N5O4. The van der Waals surface area contributed by atoms with Crippen LogP contribution in [0, 0.1) is 0 Å². The van der Waals surface area contributed by atoms with Gasteiger partial charge < -0.3 is 24.9 Å². The fourth-order valence-electron chi connectivity index (χ4n) is 5.50. The number of carbonyl (C=O) groups excluding carboxylic acids is 1. The molecule has 240 valence electrons. The Hall–Kier alpha value is -4.73. The predicted octanol–water partition coefficient (Wildman–Crippen LogP) is 2.62. The summed E-state index contributed by atoms with van der Waals surface area (Å²) < 4.78 is 5.76. The van der Waals surface area contributed by atoms with E-state index in [4.69, 9.17) is 4.74 Å². The number of ether oxygens (including phenoxy) is 1. The molecule has 1 amide bonds. The van der Waals surface area contributed by atoms with Crippen LogP contribution in [0.15, 0.2) is 82.4 Å². The van der Waals surface area contributed by atoms with Crippen LogP contribution in [0.2, 0.25) is 0 Å². The van der Waals surface area contributed by atoms with Crippen LogP contribution in [0.5, 0.6) is 5.75 Å². The number of nitrogens with zero attached hydrogens (tertiary/aromatic N) is 2. The fraction of sp³-hybridized carbons (Fsp3) is 0.324. The number of rotatable bonds is 13. The SMILES string of the molecule is CN(C)CCCOc1ccc(C=c2[nH]c(=O)c(=Cc3ccc(C(=O)NCCCCN4CCc5ccccc5C4)cc3)[nH]c2=O)cc1. The number of amides is 1. The molecule has 5 rings (SSSR count). The molecule has 0 spiro atoms. The van der Waals surface area contributed by atoms with Crippen molar-refractivity contribution >= 4 is 18.1 Å². The van der Waals surface area contributed by atoms with Crippen LogP contribution >= 0.6 is 0 Å². The zero-order valence-electron chi connectivity index (χ0n) is 26.7. The van der Waals surface area contributed by atoms with E-state index in [0.29, 0.717) is 24.3 Å². The van der Waals surface area contributed by atoms with Gasteiger partial charge in [-0.15, -0.1) is 0 Å². The van der Waals surface area contributed by atoms with E-state index in [2.05, 4.69) is 49.4 Å². The lowest BCUT2D eigenvalue weighted by atomic mass is 10.00. The van der Waals surface area contributed by atoms with Crippen LogP contribution in [0.3, 0.4) is 0 Å². The normalized spacial score (nSPS) is 14.0. The van der Waals surface area contributed by atoms with Crippen molar-refractivity contribution in [1.82, 2.24) is 25.1 Å². The molecule has 0 saturated heterocycles. The molecule has 1 aromatic heterocycles. The number of benzene rings is 3. The van der Waals surface area contributed by atoms with Crippen LogP contribution in [-0.4, -0.2) is 72.6 Å². The van der Waals surface area contributed by atoms with Crippen molar-refractivity contribution in [3.05, 3.63) is 132 Å². The molecule has 3 aromatic carbocycles. The first-order chi connectivity index (χ1) is 22.3. The van der Waals surface area contributed by atoms with Crippen LogP contribution in [0.25, 0.3) is 12.2 Å². The van der Waals surface area contributed by atoms with Crippen molar-refractivity contribution in [3.63, 3.8) is 0 Å². The van der Waals surface area contributed by atoms with Crippen molar-refractivity contribution in [2.75, 3.05) is 46.9 Å². The molecule has 0 aliphatic carbocycles. The van der Waals surface area contributed by atoms with Gasteiger partial charge in [0.15, 0.2) is 0 Å². The summed E-state index contributed by atoms with van der Waals surface area (Å²) in [5, 5.41) is 3.30. The van der Waals surface area contributed by atoms with Crippen LogP contribution in [0.1, 0.15) is 51.9 Å². The van der Waals surface area contributed by atoms with E-state index in [9.17, 15) is 14.4 Å². The van der Waals surface area contributed by atoms with Crippen LogP contribution < -0.4 is 31.9 Å². The lowest BCUT2D eigenvalue weighted by Gasteiger charge is -2.28. The monoisotopic (exact) mass is 621 g/mol. The lowest BCUT2D eigenvalue weighted by Crippen LogP contribution is -2.46. The van der Waals surface area contributed by atoms with Crippen molar-refractivity contribution in [2.45, 2.75) is 32.2 Å². The highest BCUT2D eigenvalue weighted by molar-refractivity contribution is 5.94. The second-order valence-electron chi connectivity index (χ2n) is 12.0. The highest BCUT2D eigenvalue weighted by atomic mass is 16.5. The first-order valence-corrected chi connectivity index (χ1v) is 15.9. The van der Waals surface area contributed by atoms with Gasteiger partial charge in [-0.1, -0.05) is 48.5 Å². The summed E-state index contributed by atoms with van der Waals surface area (Å²) in [6.07, 6.45) is 7.18. The number of aromatic nitrogens is 2. The number of carbonyl (C=O) groups is 1. The third-order valence-electron chi connectivity index (χ3n) is 8.08. The average molecular weight is 622 g/mol. The van der Waals surface area contributed by atoms with Gasteiger partial charge in [0.1, 0.15) is 16.4 Å². The van der Waals surface area contributed by atoms with E-state index < -0.39 is 11.1 Å². The summed E-state index contributed by atoms with van der Waals surface area (Å²) in [6.45, 7) is 5.29. The van der Waals surface area contributed by atoms with E-state index in [-0.39, 0.29) is 16.6 Å². The Kier molecular flexibility index (Phi) is 11.4. The Morgan fingerprint density at radius 3 is 2.13 bits per heavy atom. The van der Waals surface area contributed by atoms with E-state index in [1.165, 1.54) is 11.1 Å². The zero-order chi connectivity index (χ0) is 32.3. The van der Waals surface area contributed by atoms with E-state index >= 15 is 0 Å². The summed E-state index contributed by atoms with van der Waals surface area (Å²) in [6, 6.07) is 23.0. The Labute approximate surface area is 269 Å². The molecular weight excluding hydrogens is 578 g/mol. The molecule has 1 aliphatic rings. The molecule has 0 saturated carbocycles. The number of unbranched alkanes of at least 4 members (excludes halogenated alkanes) is 1. The third-order valence-corrected chi connectivity index (χ3v) is 8.08. The molecule has 0 radical (unpaired) electrons. The number of nitrogens with one attached hydrogen (secondary N) is 3. The second kappa shape index (κ2) is 16.0. The summed E-state index contributed by atoms with van der Waals surface area (Å²) in [7, 11) is 4.05. The molecule has 4 aromatic rings. The summed E-state index contributed by atoms with van der Waals surface area (Å²) >= 11 is 0. The number of H-pyrrole nitrogens is 2. The van der Waals surface area contributed by atoms with Crippen molar-refractivity contribution in [1.29, 1.82) is 0 Å². The molecule has 0 atom stereocenters. The molecule has 0 bridgehead atoms. The molecule has 9 nitrogen and oxygen atoms in total. The topological polar surface area (TPSA) is 111 Å². The van der Waals surface area contributed by atoms with Crippen molar-refractivity contribution in [3.8, 4) is 5.75 Å². The maximum Gasteiger partial charge on any atom is 0.272 e. The van der Waals surface area contributed by atoms with E-state index in [0.717, 1.165) is 63.2 Å². The molecule has 9 heteroatoms. The minimum atomic E-state index is -0.415. The minimum Gasteiger partial charge on any atom is -0.494 e. The number of hydrogen-bond donors (Lipinski definition) is 3. The van der Waals surface area contributed by atoms with E-state index in [1.54, 1.807) is 36.4 Å². The Balaban J connectivity index is 1.11. The van der Waals surface area contributed by atoms with Gasteiger partial charge in [0.05, 0.1) is 6.61 Å². The average Bonchev–Trinajstić information content (AvgIpc) is 3.06. The van der Waals surface area contributed by atoms with Crippen LogP contribution in [-0.2, 0) is 13.0 Å². The summed E-state index contributed by atoms with van der Waals surface area (Å²) in [5.41, 5.74) is 4.06. The second-order valence-corrected chi connectivity index (χ2v) is 12.0. The van der Waals surface area contributed by atoms with Crippen molar-refractivity contribution < 1.29 is 9.53 Å². The molecule has 1 aliphatic heterocycles. The van der Waals surface area contributed by atoms with Gasteiger partial charge in [0, 0.05) is 31.7 Å². The number of aromatic amines is 2.